The van der Waals surface area contributed by atoms with Crippen LogP contribution in [0.1, 0.15) is 25.0 Å². The fraction of sp³-hybridized carbons (Fsp3) is 0.167. The van der Waals surface area contributed by atoms with E-state index in [1.54, 1.807) is 6.08 Å². The molecule has 1 nitrogen and oxygen atoms in total. The molecule has 0 aliphatic carbocycles. The van der Waals surface area contributed by atoms with Crippen molar-refractivity contribution in [2.45, 2.75) is 20.8 Å². The third-order valence-corrected chi connectivity index (χ3v) is 2.11. The summed E-state index contributed by atoms with van der Waals surface area (Å²) in [6.07, 6.45) is 4.02. The predicted octanol–water partition coefficient (Wildman–Crippen LogP) is 4.92. The number of allylic oxidation sites excluding steroid dienone is 1. The Morgan fingerprint density at radius 1 is 0.789 bits per heavy atom. The number of rotatable bonds is 2. The first-order chi connectivity index (χ1) is 9.33. The Morgan fingerprint density at radius 3 is 1.63 bits per heavy atom. The fourth-order valence-electron chi connectivity index (χ4n) is 1.25. The fourth-order valence-corrected chi connectivity index (χ4v) is 1.25. The van der Waals surface area contributed by atoms with Crippen LogP contribution in [0.5, 0.6) is 0 Å². The largest absolute Gasteiger partial charge is 0.299 e. The maximum Gasteiger partial charge on any atom is 0.142 e. The highest BCUT2D eigenvalue weighted by atomic mass is 16.1. The summed E-state index contributed by atoms with van der Waals surface area (Å²) in [7, 11) is 0. The van der Waals surface area contributed by atoms with E-state index in [1.165, 1.54) is 11.6 Å². The van der Waals surface area contributed by atoms with Gasteiger partial charge in [-0.05, 0) is 18.6 Å². The highest BCUT2D eigenvalue weighted by Crippen LogP contribution is 1.99. The Kier molecular flexibility index (Phi) is 10.9. The van der Waals surface area contributed by atoms with Crippen LogP contribution >= 0.6 is 0 Å². The van der Waals surface area contributed by atoms with E-state index < -0.39 is 0 Å². The van der Waals surface area contributed by atoms with Gasteiger partial charge in [-0.1, -0.05) is 86.2 Å². The van der Waals surface area contributed by atoms with Gasteiger partial charge in [-0.3, -0.25) is 4.79 Å². The zero-order chi connectivity index (χ0) is 14.3. The van der Waals surface area contributed by atoms with E-state index in [4.69, 9.17) is 0 Å². The van der Waals surface area contributed by atoms with Gasteiger partial charge in [0.2, 0.25) is 0 Å². The molecule has 0 aliphatic rings. The number of aldehydes is 1. The molecule has 0 unspecified atom stereocenters. The molecule has 0 N–H and O–H groups in total. The third-order valence-electron chi connectivity index (χ3n) is 2.11. The molecule has 19 heavy (non-hydrogen) atoms. The van der Waals surface area contributed by atoms with E-state index in [0.717, 1.165) is 11.8 Å². The SMILES string of the molecule is CC.Cc1ccccc1.O=C/C=C/c1ccccc1. The summed E-state index contributed by atoms with van der Waals surface area (Å²) in [6.45, 7) is 6.08. The van der Waals surface area contributed by atoms with Crippen LogP contribution in [-0.2, 0) is 4.79 Å². The second-order valence-electron chi connectivity index (χ2n) is 3.56. The number of hydrogen-bond acceptors (Lipinski definition) is 1. The molecule has 0 spiro atoms. The van der Waals surface area contributed by atoms with Gasteiger partial charge in [0.1, 0.15) is 6.29 Å². The zero-order valence-corrected chi connectivity index (χ0v) is 11.9. The molecule has 0 saturated carbocycles. The molecule has 0 amide bonds. The Bertz CT molecular complexity index is 444. The number of aryl methyl sites for hydroxylation is 1. The molecule has 0 fully saturated rings. The van der Waals surface area contributed by atoms with Crippen LogP contribution in [0, 0.1) is 6.92 Å². The first kappa shape index (κ1) is 16.9. The average molecular weight is 254 g/mol. The molecule has 0 saturated heterocycles. The van der Waals surface area contributed by atoms with Crippen molar-refractivity contribution in [3.8, 4) is 0 Å². The monoisotopic (exact) mass is 254 g/mol. The van der Waals surface area contributed by atoms with E-state index in [2.05, 4.69) is 19.1 Å². The van der Waals surface area contributed by atoms with Crippen molar-refractivity contribution in [1.82, 2.24) is 0 Å². The van der Waals surface area contributed by atoms with E-state index >= 15 is 0 Å². The first-order valence-electron chi connectivity index (χ1n) is 6.51. The Morgan fingerprint density at radius 2 is 1.26 bits per heavy atom. The average Bonchev–Trinajstić information content (AvgIpc) is 2.50. The van der Waals surface area contributed by atoms with Gasteiger partial charge in [-0.15, -0.1) is 0 Å². The van der Waals surface area contributed by atoms with Gasteiger partial charge in [0.15, 0.2) is 0 Å². The minimum atomic E-state index is 0.771. The second-order valence-corrected chi connectivity index (χ2v) is 3.56. The van der Waals surface area contributed by atoms with Gasteiger partial charge in [0.05, 0.1) is 0 Å². The summed E-state index contributed by atoms with van der Waals surface area (Å²) in [5.41, 5.74) is 2.37. The van der Waals surface area contributed by atoms with E-state index in [0.29, 0.717) is 0 Å². The summed E-state index contributed by atoms with van der Waals surface area (Å²) in [5.74, 6) is 0. The summed E-state index contributed by atoms with van der Waals surface area (Å²) < 4.78 is 0. The molecule has 0 atom stereocenters. The molecule has 2 aromatic carbocycles. The quantitative estimate of drug-likeness (QED) is 0.549. The molecule has 0 heterocycles. The molecule has 0 aliphatic heterocycles. The highest BCUT2D eigenvalue weighted by Gasteiger charge is 1.79. The first-order valence-corrected chi connectivity index (χ1v) is 6.51. The minimum Gasteiger partial charge on any atom is -0.299 e. The predicted molar refractivity (Wildman–Crippen MR) is 84.1 cm³/mol. The van der Waals surface area contributed by atoms with Gasteiger partial charge >= 0.3 is 0 Å². The van der Waals surface area contributed by atoms with Crippen LogP contribution < -0.4 is 0 Å². The lowest BCUT2D eigenvalue weighted by molar-refractivity contribution is -0.104. The van der Waals surface area contributed by atoms with Crippen molar-refractivity contribution in [3.63, 3.8) is 0 Å². The van der Waals surface area contributed by atoms with Gasteiger partial charge < -0.3 is 0 Å². The molecule has 0 bridgehead atoms. The van der Waals surface area contributed by atoms with Crippen molar-refractivity contribution in [2.24, 2.45) is 0 Å². The van der Waals surface area contributed by atoms with Gasteiger partial charge in [-0.2, -0.15) is 0 Å². The standard InChI is InChI=1S/C9H8O.C7H8.C2H6/c10-8-4-7-9-5-2-1-3-6-9;1-7-5-3-2-4-6-7;1-2/h1-8H;2-6H,1H3;1-2H3/b7-4+;;. The molecule has 100 valence electrons. The lowest BCUT2D eigenvalue weighted by atomic mass is 10.2. The van der Waals surface area contributed by atoms with Crippen molar-refractivity contribution >= 4 is 12.4 Å². The lowest BCUT2D eigenvalue weighted by Gasteiger charge is -1.86. The van der Waals surface area contributed by atoms with Crippen molar-refractivity contribution in [3.05, 3.63) is 77.9 Å². The number of hydrogen-bond donors (Lipinski definition) is 0. The third kappa shape index (κ3) is 9.54. The lowest BCUT2D eigenvalue weighted by Crippen LogP contribution is -1.67. The summed E-state index contributed by atoms with van der Waals surface area (Å²) in [4.78, 5) is 9.89. The smallest absolute Gasteiger partial charge is 0.142 e. The van der Waals surface area contributed by atoms with E-state index in [9.17, 15) is 4.79 Å². The summed E-state index contributed by atoms with van der Waals surface area (Å²) in [5, 5.41) is 0. The highest BCUT2D eigenvalue weighted by molar-refractivity contribution is 5.73. The van der Waals surface area contributed by atoms with Crippen LogP contribution in [0.15, 0.2) is 66.7 Å². The van der Waals surface area contributed by atoms with Crippen LogP contribution in [0.25, 0.3) is 6.08 Å². The molecule has 0 aromatic heterocycles. The maximum absolute atomic E-state index is 9.89. The molecule has 2 aromatic rings. The van der Waals surface area contributed by atoms with Gasteiger partial charge in [-0.25, -0.2) is 0 Å². The van der Waals surface area contributed by atoms with E-state index in [1.807, 2.05) is 62.4 Å². The molecular weight excluding hydrogens is 232 g/mol. The number of carbonyl (C=O) groups excluding carboxylic acids is 1. The Labute approximate surface area is 116 Å². The maximum atomic E-state index is 9.89. The topological polar surface area (TPSA) is 17.1 Å². The number of benzene rings is 2. The van der Waals surface area contributed by atoms with Crippen LogP contribution in [-0.4, -0.2) is 6.29 Å². The van der Waals surface area contributed by atoms with Gasteiger partial charge in [0, 0.05) is 0 Å². The minimum absolute atomic E-state index is 0.771. The normalized spacial score (nSPS) is 8.79. The van der Waals surface area contributed by atoms with E-state index in [-0.39, 0.29) is 0 Å². The van der Waals surface area contributed by atoms with Gasteiger partial charge in [0.25, 0.3) is 0 Å². The Hall–Kier alpha value is -2.15. The molecule has 0 radical (unpaired) electrons. The van der Waals surface area contributed by atoms with Crippen LogP contribution in [0.2, 0.25) is 0 Å². The second kappa shape index (κ2) is 12.3. The van der Waals surface area contributed by atoms with Crippen LogP contribution in [0.3, 0.4) is 0 Å². The van der Waals surface area contributed by atoms with Crippen LogP contribution in [0.4, 0.5) is 0 Å². The van der Waals surface area contributed by atoms with Crippen molar-refractivity contribution in [2.75, 3.05) is 0 Å². The number of carbonyl (C=O) groups is 1. The zero-order valence-electron chi connectivity index (χ0n) is 11.9. The molecule has 2 rings (SSSR count). The molecule has 1 heteroatoms. The van der Waals surface area contributed by atoms with Crippen molar-refractivity contribution < 1.29 is 4.79 Å². The van der Waals surface area contributed by atoms with Crippen molar-refractivity contribution in [1.29, 1.82) is 0 Å². The summed E-state index contributed by atoms with van der Waals surface area (Å²) in [6, 6.07) is 20.0. The summed E-state index contributed by atoms with van der Waals surface area (Å²) >= 11 is 0. The Balaban J connectivity index is 0.000000316. The molecular formula is C18H22O.